The zero-order chi connectivity index (χ0) is 16.5. The van der Waals surface area contributed by atoms with E-state index in [0.29, 0.717) is 12.6 Å². The predicted octanol–water partition coefficient (Wildman–Crippen LogP) is 2.59. The van der Waals surface area contributed by atoms with Gasteiger partial charge in [0.25, 0.3) is 5.91 Å². The summed E-state index contributed by atoms with van der Waals surface area (Å²) in [4.78, 5) is 23.6. The summed E-state index contributed by atoms with van der Waals surface area (Å²) in [5, 5.41) is 1.61. The summed E-state index contributed by atoms with van der Waals surface area (Å²) in [5.41, 5.74) is 0. The highest BCUT2D eigenvalue weighted by atomic mass is 32.1. The van der Waals surface area contributed by atoms with Gasteiger partial charge < -0.3 is 4.74 Å². The van der Waals surface area contributed by atoms with E-state index in [0.717, 1.165) is 51.9 Å². The normalized spacial score (nSPS) is 31.2. The lowest BCUT2D eigenvalue weighted by atomic mass is 9.89. The van der Waals surface area contributed by atoms with Crippen LogP contribution in [-0.4, -0.2) is 54.3 Å². The molecular formula is C18H26N2O3S. The van der Waals surface area contributed by atoms with Gasteiger partial charge in [-0.15, -0.1) is 11.3 Å². The Bertz CT molecular complexity index is 585. The summed E-state index contributed by atoms with van der Waals surface area (Å²) in [6, 6.07) is 4.85. The summed E-state index contributed by atoms with van der Waals surface area (Å²) in [6.07, 6.45) is 4.20. The number of carbonyl (C=O) groups excluding carboxylic acids is 1. The van der Waals surface area contributed by atoms with Crippen molar-refractivity contribution in [2.45, 2.75) is 51.3 Å². The van der Waals surface area contributed by atoms with E-state index in [9.17, 15) is 4.79 Å². The molecule has 1 aromatic rings. The lowest BCUT2D eigenvalue weighted by Crippen LogP contribution is -2.53. The quantitative estimate of drug-likeness (QED) is 0.840. The fourth-order valence-electron chi connectivity index (χ4n) is 4.16. The Balaban J connectivity index is 1.47. The molecule has 0 saturated carbocycles. The van der Waals surface area contributed by atoms with Crippen LogP contribution in [0, 0.1) is 12.8 Å². The molecule has 4 heterocycles. The molecule has 3 aliphatic rings. The second-order valence-electron chi connectivity index (χ2n) is 7.12. The highest BCUT2D eigenvalue weighted by Crippen LogP contribution is 2.34. The van der Waals surface area contributed by atoms with E-state index in [2.05, 4.69) is 24.0 Å². The Morgan fingerprint density at radius 1 is 1.33 bits per heavy atom. The van der Waals surface area contributed by atoms with Crippen LogP contribution in [0.2, 0.25) is 0 Å². The van der Waals surface area contributed by atoms with Gasteiger partial charge in [0.1, 0.15) is 0 Å². The first-order valence-corrected chi connectivity index (χ1v) is 9.87. The largest absolute Gasteiger partial charge is 0.377 e. The molecule has 0 spiro atoms. The number of hydrogen-bond donors (Lipinski definition) is 0. The number of ether oxygens (including phenoxy) is 1. The van der Waals surface area contributed by atoms with Gasteiger partial charge in [-0.05, 0) is 44.7 Å². The molecule has 3 saturated heterocycles. The molecule has 3 aliphatic heterocycles. The highest BCUT2D eigenvalue weighted by molar-refractivity contribution is 7.11. The van der Waals surface area contributed by atoms with Crippen LogP contribution in [0.5, 0.6) is 0 Å². The smallest absolute Gasteiger partial charge is 0.250 e. The second kappa shape index (κ2) is 7.12. The molecule has 6 heteroatoms. The van der Waals surface area contributed by atoms with Gasteiger partial charge in [-0.1, -0.05) is 0 Å². The number of nitrogens with zero attached hydrogens (tertiary/aromatic N) is 2. The zero-order valence-electron chi connectivity index (χ0n) is 14.3. The molecule has 0 unspecified atom stereocenters. The average molecular weight is 350 g/mol. The third-order valence-electron chi connectivity index (χ3n) is 5.37. The molecule has 1 amide bonds. The molecule has 4 rings (SSSR count). The van der Waals surface area contributed by atoms with Crippen molar-refractivity contribution in [1.82, 2.24) is 9.96 Å². The van der Waals surface area contributed by atoms with Crippen LogP contribution in [0.3, 0.4) is 0 Å². The van der Waals surface area contributed by atoms with E-state index >= 15 is 0 Å². The molecule has 3 fully saturated rings. The van der Waals surface area contributed by atoms with Crippen LogP contribution in [0.25, 0.3) is 0 Å². The fourth-order valence-corrected chi connectivity index (χ4v) is 5.07. The fraction of sp³-hybridized carbons (Fsp3) is 0.722. The standard InChI is InChI=1S/C18H26N2O3S/c1-13-4-5-15(24-13)12-19-11-14(10-17-16(19)6-9-22-17)18(21)20-7-2-3-8-23-20/h4-5,14,16-17H,2-3,6-12H2,1H3/t14-,16-,17-/m1/s1. The molecule has 0 bridgehead atoms. The minimum atomic E-state index is -0.0106. The maximum atomic E-state index is 12.9. The van der Waals surface area contributed by atoms with E-state index in [1.807, 2.05) is 11.3 Å². The van der Waals surface area contributed by atoms with Crippen LogP contribution >= 0.6 is 11.3 Å². The van der Waals surface area contributed by atoms with Gasteiger partial charge in [0.2, 0.25) is 0 Å². The molecule has 24 heavy (non-hydrogen) atoms. The zero-order valence-corrected chi connectivity index (χ0v) is 15.1. The summed E-state index contributed by atoms with van der Waals surface area (Å²) < 4.78 is 5.95. The van der Waals surface area contributed by atoms with Gasteiger partial charge in [0, 0.05) is 42.0 Å². The Labute approximate surface area is 147 Å². The predicted molar refractivity (Wildman–Crippen MR) is 92.6 cm³/mol. The summed E-state index contributed by atoms with van der Waals surface area (Å²) in [7, 11) is 0. The number of rotatable bonds is 3. The van der Waals surface area contributed by atoms with E-state index in [4.69, 9.17) is 9.57 Å². The molecule has 132 valence electrons. The van der Waals surface area contributed by atoms with Crippen molar-refractivity contribution in [2.24, 2.45) is 5.92 Å². The van der Waals surface area contributed by atoms with Crippen molar-refractivity contribution in [1.29, 1.82) is 0 Å². The van der Waals surface area contributed by atoms with E-state index in [-0.39, 0.29) is 17.9 Å². The maximum absolute atomic E-state index is 12.9. The average Bonchev–Trinajstić information content (AvgIpc) is 3.24. The van der Waals surface area contributed by atoms with Crippen molar-refractivity contribution in [2.75, 3.05) is 26.3 Å². The minimum absolute atomic E-state index is 0.0106. The summed E-state index contributed by atoms with van der Waals surface area (Å²) in [5.74, 6) is 0.138. The second-order valence-corrected chi connectivity index (χ2v) is 8.49. The SMILES string of the molecule is Cc1ccc(CN2C[C@H](C(=O)N3CCCCO3)C[C@H]3OCC[C@H]32)s1. The monoisotopic (exact) mass is 350 g/mol. The summed E-state index contributed by atoms with van der Waals surface area (Å²) in [6.45, 7) is 6.10. The van der Waals surface area contributed by atoms with E-state index in [1.165, 1.54) is 9.75 Å². The molecule has 3 atom stereocenters. The van der Waals surface area contributed by atoms with Crippen LogP contribution < -0.4 is 0 Å². The number of fused-ring (bicyclic) bond motifs is 1. The lowest BCUT2D eigenvalue weighted by molar-refractivity contribution is -0.204. The van der Waals surface area contributed by atoms with Gasteiger partial charge in [-0.2, -0.15) is 0 Å². The van der Waals surface area contributed by atoms with Crippen molar-refractivity contribution < 1.29 is 14.4 Å². The van der Waals surface area contributed by atoms with Gasteiger partial charge in [0.15, 0.2) is 0 Å². The van der Waals surface area contributed by atoms with Crippen molar-refractivity contribution >= 4 is 17.2 Å². The minimum Gasteiger partial charge on any atom is -0.377 e. The van der Waals surface area contributed by atoms with Crippen LogP contribution in [0.1, 0.15) is 35.4 Å². The number of carbonyl (C=O) groups is 1. The molecule has 0 aromatic carbocycles. The number of hydrogen-bond acceptors (Lipinski definition) is 5. The van der Waals surface area contributed by atoms with Gasteiger partial charge in [-0.3, -0.25) is 14.5 Å². The van der Waals surface area contributed by atoms with Crippen molar-refractivity contribution in [3.05, 3.63) is 21.9 Å². The first-order valence-electron chi connectivity index (χ1n) is 9.06. The molecule has 1 aromatic heterocycles. The number of amides is 1. The van der Waals surface area contributed by atoms with Crippen molar-refractivity contribution in [3.8, 4) is 0 Å². The Kier molecular flexibility index (Phi) is 4.90. The maximum Gasteiger partial charge on any atom is 0.250 e. The molecule has 0 radical (unpaired) electrons. The number of thiophene rings is 1. The molecule has 0 N–H and O–H groups in total. The van der Waals surface area contributed by atoms with Crippen LogP contribution in [-0.2, 0) is 20.9 Å². The first-order chi connectivity index (χ1) is 11.7. The van der Waals surface area contributed by atoms with Gasteiger partial charge in [-0.25, -0.2) is 5.06 Å². The third kappa shape index (κ3) is 3.38. The third-order valence-corrected chi connectivity index (χ3v) is 6.35. The van der Waals surface area contributed by atoms with Crippen LogP contribution in [0.15, 0.2) is 12.1 Å². The lowest BCUT2D eigenvalue weighted by Gasteiger charge is -2.41. The molecule has 0 aliphatic carbocycles. The first kappa shape index (κ1) is 16.5. The Morgan fingerprint density at radius 2 is 2.25 bits per heavy atom. The topological polar surface area (TPSA) is 42.0 Å². The van der Waals surface area contributed by atoms with E-state index < -0.39 is 0 Å². The number of piperidine rings is 1. The van der Waals surface area contributed by atoms with Crippen LogP contribution in [0.4, 0.5) is 0 Å². The number of aryl methyl sites for hydroxylation is 1. The Hall–Kier alpha value is -0.950. The number of likely N-dealkylation sites (tertiary alicyclic amines) is 1. The van der Waals surface area contributed by atoms with E-state index in [1.54, 1.807) is 5.06 Å². The Morgan fingerprint density at radius 3 is 3.00 bits per heavy atom. The van der Waals surface area contributed by atoms with Gasteiger partial charge in [0.05, 0.1) is 18.6 Å². The highest BCUT2D eigenvalue weighted by Gasteiger charge is 2.43. The van der Waals surface area contributed by atoms with Gasteiger partial charge >= 0.3 is 0 Å². The molecular weight excluding hydrogens is 324 g/mol. The van der Waals surface area contributed by atoms with Crippen molar-refractivity contribution in [3.63, 3.8) is 0 Å². The molecule has 5 nitrogen and oxygen atoms in total. The number of hydroxylamine groups is 2. The summed E-state index contributed by atoms with van der Waals surface area (Å²) >= 11 is 1.85.